The van der Waals surface area contributed by atoms with Gasteiger partial charge in [-0.3, -0.25) is 0 Å². The molecule has 0 spiro atoms. The molecule has 0 aliphatic heterocycles. The molecule has 0 saturated carbocycles. The lowest BCUT2D eigenvalue weighted by molar-refractivity contribution is 0.327. The molecule has 3 nitrogen and oxygen atoms in total. The van der Waals surface area contributed by atoms with Crippen LogP contribution < -0.4 is 10.1 Å². The van der Waals surface area contributed by atoms with E-state index in [1.165, 1.54) is 0 Å². The Balaban J connectivity index is 2.61. The van der Waals surface area contributed by atoms with E-state index >= 15 is 0 Å². The third-order valence-corrected chi connectivity index (χ3v) is 1.44. The normalized spacial score (nSPS) is 9.31. The Morgan fingerprint density at radius 2 is 2.46 bits per heavy atom. The Kier molecular flexibility index (Phi) is 3.82. The van der Waals surface area contributed by atoms with E-state index in [0.717, 1.165) is 5.82 Å². The van der Waals surface area contributed by atoms with Gasteiger partial charge in [0.15, 0.2) is 0 Å². The van der Waals surface area contributed by atoms with Crippen LogP contribution in [0, 0.1) is 0 Å². The number of nitrogens with one attached hydrogen (secondary N) is 1. The Morgan fingerprint density at radius 1 is 1.62 bits per heavy atom. The number of nitrogens with zero attached hydrogens (tertiary/aromatic N) is 1. The van der Waals surface area contributed by atoms with E-state index in [2.05, 4.69) is 16.9 Å². The highest BCUT2D eigenvalue weighted by molar-refractivity contribution is 5.37. The molecule has 1 rings (SSSR count). The number of rotatable bonds is 5. The molecular weight excluding hydrogens is 164 g/mol. The molecule has 1 N–H and O–H groups in total. The van der Waals surface area contributed by atoms with Crippen LogP contribution in [0.15, 0.2) is 30.9 Å². The van der Waals surface area contributed by atoms with Crippen LogP contribution in [-0.4, -0.2) is 18.1 Å². The molecule has 0 aromatic carbocycles. The minimum atomic E-state index is 0.637. The molecule has 0 fully saturated rings. The fraction of sp³-hybridized carbons (Fsp3) is 0.300. The van der Waals surface area contributed by atoms with Gasteiger partial charge in [-0.1, -0.05) is 12.1 Å². The number of pyridine rings is 1. The highest BCUT2D eigenvalue weighted by atomic mass is 16.5. The molecule has 1 aromatic heterocycles. The van der Waals surface area contributed by atoms with Crippen molar-refractivity contribution in [1.29, 1.82) is 0 Å². The van der Waals surface area contributed by atoms with E-state index in [-0.39, 0.29) is 0 Å². The summed E-state index contributed by atoms with van der Waals surface area (Å²) in [6.45, 7) is 6.90. The molecule has 0 radical (unpaired) electrons. The second-order valence-electron chi connectivity index (χ2n) is 2.46. The summed E-state index contributed by atoms with van der Waals surface area (Å²) in [5.41, 5.74) is 0. The smallest absolute Gasteiger partial charge is 0.215 e. The van der Waals surface area contributed by atoms with Crippen molar-refractivity contribution in [3.8, 4) is 5.88 Å². The predicted octanol–water partition coefficient (Wildman–Crippen LogP) is 2.08. The quantitative estimate of drug-likeness (QED) is 0.701. The summed E-state index contributed by atoms with van der Waals surface area (Å²) in [4.78, 5) is 4.22. The molecule has 0 aliphatic rings. The second-order valence-corrected chi connectivity index (χ2v) is 2.46. The molecule has 0 saturated heterocycles. The maximum atomic E-state index is 5.25. The SMILES string of the molecule is C=CCNc1cccc(OCC)n1. The van der Waals surface area contributed by atoms with Crippen molar-refractivity contribution in [2.24, 2.45) is 0 Å². The molecule has 1 heterocycles. The third-order valence-electron chi connectivity index (χ3n) is 1.44. The maximum absolute atomic E-state index is 5.25. The van der Waals surface area contributed by atoms with Crippen LogP contribution in [-0.2, 0) is 0 Å². The van der Waals surface area contributed by atoms with Crippen LogP contribution in [0.3, 0.4) is 0 Å². The van der Waals surface area contributed by atoms with E-state index in [9.17, 15) is 0 Å². The summed E-state index contributed by atoms with van der Waals surface area (Å²) in [5.74, 6) is 1.46. The number of ether oxygens (including phenoxy) is 1. The fourth-order valence-electron chi connectivity index (χ4n) is 0.918. The average Bonchev–Trinajstić information content (AvgIpc) is 2.16. The molecule has 0 unspecified atom stereocenters. The van der Waals surface area contributed by atoms with E-state index in [1.54, 1.807) is 6.08 Å². The van der Waals surface area contributed by atoms with Gasteiger partial charge in [0.1, 0.15) is 5.82 Å². The number of anilines is 1. The van der Waals surface area contributed by atoms with Crippen LogP contribution in [0.1, 0.15) is 6.92 Å². The van der Waals surface area contributed by atoms with E-state index < -0.39 is 0 Å². The van der Waals surface area contributed by atoms with Gasteiger partial charge >= 0.3 is 0 Å². The summed E-state index contributed by atoms with van der Waals surface area (Å²) < 4.78 is 5.25. The zero-order chi connectivity index (χ0) is 9.52. The average molecular weight is 178 g/mol. The molecule has 70 valence electrons. The first-order valence-corrected chi connectivity index (χ1v) is 4.31. The Bertz CT molecular complexity index is 273. The summed E-state index contributed by atoms with van der Waals surface area (Å²) in [6.07, 6.45) is 1.79. The molecule has 1 aromatic rings. The molecule has 0 amide bonds. The molecule has 3 heteroatoms. The van der Waals surface area contributed by atoms with Gasteiger partial charge in [0.25, 0.3) is 0 Å². The van der Waals surface area contributed by atoms with Gasteiger partial charge in [-0.15, -0.1) is 6.58 Å². The highest BCUT2D eigenvalue weighted by Crippen LogP contribution is 2.10. The van der Waals surface area contributed by atoms with Crippen LogP contribution in [0.4, 0.5) is 5.82 Å². The van der Waals surface area contributed by atoms with Crippen molar-refractivity contribution < 1.29 is 4.74 Å². The largest absolute Gasteiger partial charge is 0.478 e. The Labute approximate surface area is 78.4 Å². The second kappa shape index (κ2) is 5.19. The first-order chi connectivity index (χ1) is 6.36. The van der Waals surface area contributed by atoms with Gasteiger partial charge in [0.2, 0.25) is 5.88 Å². The maximum Gasteiger partial charge on any atom is 0.215 e. The number of aromatic nitrogens is 1. The van der Waals surface area contributed by atoms with E-state index in [1.807, 2.05) is 25.1 Å². The summed E-state index contributed by atoms with van der Waals surface area (Å²) in [5, 5.41) is 3.08. The standard InChI is InChI=1S/C10H14N2O/c1-3-8-11-9-6-5-7-10(12-9)13-4-2/h3,5-7H,1,4,8H2,2H3,(H,11,12). The van der Waals surface area contributed by atoms with E-state index in [0.29, 0.717) is 19.0 Å². The lowest BCUT2D eigenvalue weighted by Gasteiger charge is -2.05. The molecule has 0 aliphatic carbocycles. The zero-order valence-electron chi connectivity index (χ0n) is 7.79. The number of hydrogen-bond donors (Lipinski definition) is 1. The van der Waals surface area contributed by atoms with Gasteiger partial charge in [-0.25, -0.2) is 0 Å². The van der Waals surface area contributed by atoms with Crippen LogP contribution >= 0.6 is 0 Å². The van der Waals surface area contributed by atoms with Gasteiger partial charge in [0.05, 0.1) is 6.61 Å². The minimum absolute atomic E-state index is 0.637. The summed E-state index contributed by atoms with van der Waals surface area (Å²) >= 11 is 0. The van der Waals surface area contributed by atoms with Gasteiger partial charge in [-0.2, -0.15) is 4.98 Å². The zero-order valence-corrected chi connectivity index (χ0v) is 7.79. The summed E-state index contributed by atoms with van der Waals surface area (Å²) in [7, 11) is 0. The first kappa shape index (κ1) is 9.58. The van der Waals surface area contributed by atoms with Crippen molar-refractivity contribution >= 4 is 5.82 Å². The Hall–Kier alpha value is -1.51. The molecule has 0 atom stereocenters. The topological polar surface area (TPSA) is 34.1 Å². The monoisotopic (exact) mass is 178 g/mol. The van der Waals surface area contributed by atoms with Crippen molar-refractivity contribution in [3.05, 3.63) is 30.9 Å². The van der Waals surface area contributed by atoms with Crippen molar-refractivity contribution in [1.82, 2.24) is 4.98 Å². The lowest BCUT2D eigenvalue weighted by Crippen LogP contribution is -2.01. The first-order valence-electron chi connectivity index (χ1n) is 4.31. The van der Waals surface area contributed by atoms with Crippen molar-refractivity contribution in [2.45, 2.75) is 6.92 Å². The van der Waals surface area contributed by atoms with Gasteiger partial charge in [0, 0.05) is 12.6 Å². The Morgan fingerprint density at radius 3 is 3.15 bits per heavy atom. The van der Waals surface area contributed by atoms with Crippen LogP contribution in [0.2, 0.25) is 0 Å². The van der Waals surface area contributed by atoms with Crippen molar-refractivity contribution in [3.63, 3.8) is 0 Å². The summed E-state index contributed by atoms with van der Waals surface area (Å²) in [6, 6.07) is 5.64. The highest BCUT2D eigenvalue weighted by Gasteiger charge is 1.95. The van der Waals surface area contributed by atoms with Crippen LogP contribution in [0.5, 0.6) is 5.88 Å². The van der Waals surface area contributed by atoms with Gasteiger partial charge in [-0.05, 0) is 13.0 Å². The van der Waals surface area contributed by atoms with Gasteiger partial charge < -0.3 is 10.1 Å². The molecule has 0 bridgehead atoms. The van der Waals surface area contributed by atoms with E-state index in [4.69, 9.17) is 4.74 Å². The predicted molar refractivity (Wildman–Crippen MR) is 54.1 cm³/mol. The van der Waals surface area contributed by atoms with Crippen LogP contribution in [0.25, 0.3) is 0 Å². The lowest BCUT2D eigenvalue weighted by atomic mass is 10.4. The van der Waals surface area contributed by atoms with Crippen molar-refractivity contribution in [2.75, 3.05) is 18.5 Å². The minimum Gasteiger partial charge on any atom is -0.478 e. The number of hydrogen-bond acceptors (Lipinski definition) is 3. The third kappa shape index (κ3) is 3.15. The molecule has 13 heavy (non-hydrogen) atoms. The fourth-order valence-corrected chi connectivity index (χ4v) is 0.918. The molecular formula is C10H14N2O.